The minimum atomic E-state index is -0.238. The Balaban J connectivity index is 2.38. The number of benzene rings is 1. The maximum atomic E-state index is 12.1. The van der Waals surface area contributed by atoms with E-state index in [0.29, 0.717) is 5.56 Å². The van der Waals surface area contributed by atoms with Crippen LogP contribution >= 0.6 is 0 Å². The van der Waals surface area contributed by atoms with Gasteiger partial charge in [0.2, 0.25) is 0 Å². The van der Waals surface area contributed by atoms with Gasteiger partial charge in [-0.2, -0.15) is 0 Å². The first-order valence-electron chi connectivity index (χ1n) is 8.06. The van der Waals surface area contributed by atoms with E-state index < -0.39 is 0 Å². The summed E-state index contributed by atoms with van der Waals surface area (Å²) in [6, 6.07) is 7.05. The van der Waals surface area contributed by atoms with Crippen LogP contribution in [0.4, 0.5) is 0 Å². The number of rotatable bonds is 10. The normalized spacial score (nSPS) is 12.0. The molecule has 118 valence electrons. The van der Waals surface area contributed by atoms with E-state index in [9.17, 15) is 4.79 Å². The lowest BCUT2D eigenvalue weighted by Gasteiger charge is -2.16. The van der Waals surface area contributed by atoms with Gasteiger partial charge < -0.3 is 9.47 Å². The van der Waals surface area contributed by atoms with Gasteiger partial charge >= 0.3 is 5.97 Å². The molecule has 0 aliphatic rings. The van der Waals surface area contributed by atoms with Crippen molar-refractivity contribution >= 4 is 5.97 Å². The van der Waals surface area contributed by atoms with Crippen LogP contribution in [-0.2, 0) is 4.74 Å². The van der Waals surface area contributed by atoms with Crippen LogP contribution in [-0.4, -0.2) is 19.2 Å². The Morgan fingerprint density at radius 3 is 2.29 bits per heavy atom. The number of methoxy groups -OCH3 is 1. The maximum Gasteiger partial charge on any atom is 0.338 e. The summed E-state index contributed by atoms with van der Waals surface area (Å²) in [6.45, 7) is 4.28. The molecule has 0 saturated heterocycles. The summed E-state index contributed by atoms with van der Waals surface area (Å²) >= 11 is 0. The zero-order chi connectivity index (χ0) is 15.5. The van der Waals surface area contributed by atoms with Gasteiger partial charge in [-0.3, -0.25) is 0 Å². The lowest BCUT2D eigenvalue weighted by molar-refractivity contribution is 0.0267. The van der Waals surface area contributed by atoms with E-state index in [1.54, 1.807) is 31.4 Å². The third-order valence-corrected chi connectivity index (χ3v) is 3.68. The van der Waals surface area contributed by atoms with Gasteiger partial charge in [0.05, 0.1) is 12.7 Å². The number of ether oxygens (including phenoxy) is 2. The van der Waals surface area contributed by atoms with Crippen LogP contribution < -0.4 is 4.74 Å². The van der Waals surface area contributed by atoms with E-state index in [1.807, 2.05) is 0 Å². The average Bonchev–Trinajstić information content (AvgIpc) is 2.53. The highest BCUT2D eigenvalue weighted by Gasteiger charge is 2.14. The number of carbonyl (C=O) groups is 1. The largest absolute Gasteiger partial charge is 0.497 e. The molecule has 0 saturated carbocycles. The molecular weight excluding hydrogens is 264 g/mol. The quantitative estimate of drug-likeness (QED) is 0.450. The summed E-state index contributed by atoms with van der Waals surface area (Å²) < 4.78 is 10.7. The third-order valence-electron chi connectivity index (χ3n) is 3.68. The molecule has 0 amide bonds. The molecule has 0 fully saturated rings. The fourth-order valence-electron chi connectivity index (χ4n) is 2.27. The average molecular weight is 292 g/mol. The van der Waals surface area contributed by atoms with Crippen molar-refractivity contribution in [2.24, 2.45) is 0 Å². The Bertz CT molecular complexity index is 397. The molecule has 0 aliphatic heterocycles. The smallest absolute Gasteiger partial charge is 0.338 e. The van der Waals surface area contributed by atoms with Crippen LogP contribution in [0, 0.1) is 0 Å². The van der Waals surface area contributed by atoms with Crippen LogP contribution in [0.3, 0.4) is 0 Å². The first-order chi connectivity index (χ1) is 10.2. The molecule has 0 heterocycles. The zero-order valence-corrected chi connectivity index (χ0v) is 13.6. The van der Waals surface area contributed by atoms with Crippen LogP contribution in [0.5, 0.6) is 5.75 Å². The van der Waals surface area contributed by atoms with Crippen molar-refractivity contribution in [3.63, 3.8) is 0 Å². The number of hydrogen-bond donors (Lipinski definition) is 0. The standard InChI is InChI=1S/C18H28O3/c1-4-6-7-8-9-10-16(5-2)21-18(19)15-11-13-17(20-3)14-12-15/h11-14,16H,4-10H2,1-3H3. The van der Waals surface area contributed by atoms with Gasteiger partial charge in [0.25, 0.3) is 0 Å². The van der Waals surface area contributed by atoms with Gasteiger partial charge in [-0.1, -0.05) is 39.5 Å². The number of hydrogen-bond acceptors (Lipinski definition) is 3. The van der Waals surface area contributed by atoms with Crippen molar-refractivity contribution < 1.29 is 14.3 Å². The molecule has 1 atom stereocenters. The first kappa shape index (κ1) is 17.5. The number of unbranched alkanes of at least 4 members (excludes halogenated alkanes) is 4. The molecule has 0 N–H and O–H groups in total. The van der Waals surface area contributed by atoms with Crippen LogP contribution in [0.15, 0.2) is 24.3 Å². The van der Waals surface area contributed by atoms with E-state index >= 15 is 0 Å². The Kier molecular flexibility index (Phi) is 8.56. The van der Waals surface area contributed by atoms with Gasteiger partial charge in [-0.25, -0.2) is 4.79 Å². The molecule has 1 aromatic rings. The van der Waals surface area contributed by atoms with Crippen molar-refractivity contribution in [3.8, 4) is 5.75 Å². The van der Waals surface area contributed by atoms with Gasteiger partial charge in [0.15, 0.2) is 0 Å². The summed E-state index contributed by atoms with van der Waals surface area (Å²) in [4.78, 5) is 12.1. The molecule has 0 aromatic heterocycles. The zero-order valence-electron chi connectivity index (χ0n) is 13.6. The molecule has 0 aliphatic carbocycles. The summed E-state index contributed by atoms with van der Waals surface area (Å²) in [5.74, 6) is 0.507. The van der Waals surface area contributed by atoms with Crippen LogP contribution in [0.1, 0.15) is 69.2 Å². The van der Waals surface area contributed by atoms with Crippen molar-refractivity contribution in [1.82, 2.24) is 0 Å². The van der Waals surface area contributed by atoms with Gasteiger partial charge in [-0.05, 0) is 43.5 Å². The summed E-state index contributed by atoms with van der Waals surface area (Å²) in [7, 11) is 1.61. The monoisotopic (exact) mass is 292 g/mol. The second kappa shape index (κ2) is 10.3. The van der Waals surface area contributed by atoms with Crippen molar-refractivity contribution in [1.29, 1.82) is 0 Å². The Morgan fingerprint density at radius 1 is 1.05 bits per heavy atom. The highest BCUT2D eigenvalue weighted by Crippen LogP contribution is 2.16. The minimum Gasteiger partial charge on any atom is -0.497 e. The number of esters is 1. The van der Waals surface area contributed by atoms with E-state index in [0.717, 1.165) is 25.0 Å². The predicted molar refractivity (Wildman–Crippen MR) is 85.9 cm³/mol. The third kappa shape index (κ3) is 6.65. The van der Waals surface area contributed by atoms with E-state index in [1.165, 1.54) is 25.7 Å². The summed E-state index contributed by atoms with van der Waals surface area (Å²) in [6.07, 6.45) is 8.04. The van der Waals surface area contributed by atoms with Crippen molar-refractivity contribution in [2.45, 2.75) is 64.9 Å². The first-order valence-corrected chi connectivity index (χ1v) is 8.06. The minimum absolute atomic E-state index is 0.0289. The molecule has 1 rings (SSSR count). The molecule has 1 aromatic carbocycles. The molecule has 21 heavy (non-hydrogen) atoms. The molecule has 0 bridgehead atoms. The fourth-order valence-corrected chi connectivity index (χ4v) is 2.27. The second-order valence-electron chi connectivity index (χ2n) is 5.37. The number of carbonyl (C=O) groups excluding carboxylic acids is 1. The lowest BCUT2D eigenvalue weighted by atomic mass is 10.1. The van der Waals surface area contributed by atoms with Crippen LogP contribution in [0.2, 0.25) is 0 Å². The predicted octanol–water partition coefficient (Wildman–Crippen LogP) is 4.99. The highest BCUT2D eigenvalue weighted by atomic mass is 16.5. The van der Waals surface area contributed by atoms with Gasteiger partial charge in [0, 0.05) is 0 Å². The summed E-state index contributed by atoms with van der Waals surface area (Å²) in [5.41, 5.74) is 0.584. The summed E-state index contributed by atoms with van der Waals surface area (Å²) in [5, 5.41) is 0. The second-order valence-corrected chi connectivity index (χ2v) is 5.37. The van der Waals surface area contributed by atoms with E-state index in [4.69, 9.17) is 9.47 Å². The highest BCUT2D eigenvalue weighted by molar-refractivity contribution is 5.89. The Morgan fingerprint density at radius 2 is 1.71 bits per heavy atom. The molecule has 3 nitrogen and oxygen atoms in total. The lowest BCUT2D eigenvalue weighted by Crippen LogP contribution is -2.17. The molecule has 3 heteroatoms. The molecule has 1 unspecified atom stereocenters. The maximum absolute atomic E-state index is 12.1. The van der Waals surface area contributed by atoms with Gasteiger partial charge in [0.1, 0.15) is 11.9 Å². The van der Waals surface area contributed by atoms with Crippen LogP contribution in [0.25, 0.3) is 0 Å². The fraction of sp³-hybridized carbons (Fsp3) is 0.611. The van der Waals surface area contributed by atoms with Gasteiger partial charge in [-0.15, -0.1) is 0 Å². The topological polar surface area (TPSA) is 35.5 Å². The SMILES string of the molecule is CCCCCCCC(CC)OC(=O)c1ccc(OC)cc1. The van der Waals surface area contributed by atoms with E-state index in [-0.39, 0.29) is 12.1 Å². The Labute approximate surface area is 128 Å². The van der Waals surface area contributed by atoms with E-state index in [2.05, 4.69) is 13.8 Å². The molecule has 0 spiro atoms. The molecule has 0 radical (unpaired) electrons. The Hall–Kier alpha value is -1.51. The molecular formula is C18H28O3. The van der Waals surface area contributed by atoms with Crippen molar-refractivity contribution in [2.75, 3.05) is 7.11 Å². The van der Waals surface area contributed by atoms with Crippen molar-refractivity contribution in [3.05, 3.63) is 29.8 Å².